The molecule has 2 N–H and O–H groups in total. The minimum atomic E-state index is 0.291. The second-order valence-corrected chi connectivity index (χ2v) is 5.58. The zero-order chi connectivity index (χ0) is 12.8. The number of aliphatic hydroxyl groups excluding tert-OH is 1. The second-order valence-electron chi connectivity index (χ2n) is 5.58. The SMILES string of the molecule is O=C1CCC2CNCCC2N1CCCCCCO. The molecule has 4 nitrogen and oxygen atoms in total. The van der Waals surface area contributed by atoms with Gasteiger partial charge in [-0.05, 0) is 44.7 Å². The third-order valence-corrected chi connectivity index (χ3v) is 4.32. The maximum Gasteiger partial charge on any atom is 0.222 e. The van der Waals surface area contributed by atoms with E-state index in [9.17, 15) is 4.79 Å². The maximum atomic E-state index is 12.0. The fraction of sp³-hybridized carbons (Fsp3) is 0.929. The molecule has 2 heterocycles. The van der Waals surface area contributed by atoms with Gasteiger partial charge in [0.2, 0.25) is 5.91 Å². The average Bonchev–Trinajstić information content (AvgIpc) is 2.41. The number of hydrogen-bond donors (Lipinski definition) is 2. The normalized spacial score (nSPS) is 28.3. The quantitative estimate of drug-likeness (QED) is 0.699. The molecule has 2 atom stereocenters. The molecule has 0 aliphatic carbocycles. The summed E-state index contributed by atoms with van der Waals surface area (Å²) in [5.74, 6) is 1.04. The molecule has 0 aromatic heterocycles. The molecule has 2 saturated heterocycles. The first-order valence-electron chi connectivity index (χ1n) is 7.44. The van der Waals surface area contributed by atoms with Gasteiger partial charge in [0.1, 0.15) is 0 Å². The van der Waals surface area contributed by atoms with Crippen molar-refractivity contribution in [2.45, 2.75) is 51.0 Å². The predicted molar refractivity (Wildman–Crippen MR) is 71.3 cm³/mol. The molecule has 0 bridgehead atoms. The van der Waals surface area contributed by atoms with Crippen LogP contribution in [0.15, 0.2) is 0 Å². The summed E-state index contributed by atoms with van der Waals surface area (Å²) < 4.78 is 0. The van der Waals surface area contributed by atoms with Crippen LogP contribution < -0.4 is 5.32 Å². The Bertz CT molecular complexity index is 271. The van der Waals surface area contributed by atoms with Crippen LogP contribution in [0.2, 0.25) is 0 Å². The van der Waals surface area contributed by atoms with Gasteiger partial charge in [-0.3, -0.25) is 4.79 Å². The number of likely N-dealkylation sites (tertiary alicyclic amines) is 1. The molecule has 2 rings (SSSR count). The first-order chi connectivity index (χ1) is 8.83. The van der Waals surface area contributed by atoms with Gasteiger partial charge in [0.15, 0.2) is 0 Å². The number of piperidine rings is 2. The zero-order valence-corrected chi connectivity index (χ0v) is 11.2. The molecule has 0 aromatic rings. The van der Waals surface area contributed by atoms with Crippen molar-refractivity contribution in [2.75, 3.05) is 26.2 Å². The Morgan fingerprint density at radius 3 is 2.89 bits per heavy atom. The summed E-state index contributed by atoms with van der Waals surface area (Å²) in [5.41, 5.74) is 0. The highest BCUT2D eigenvalue weighted by atomic mass is 16.2. The Labute approximate surface area is 110 Å². The summed E-state index contributed by atoms with van der Waals surface area (Å²) >= 11 is 0. The Balaban J connectivity index is 1.78. The molecule has 0 saturated carbocycles. The van der Waals surface area contributed by atoms with Crippen molar-refractivity contribution in [1.82, 2.24) is 10.2 Å². The van der Waals surface area contributed by atoms with E-state index in [0.29, 0.717) is 24.5 Å². The molecule has 2 fully saturated rings. The third kappa shape index (κ3) is 3.45. The van der Waals surface area contributed by atoms with Crippen molar-refractivity contribution in [3.05, 3.63) is 0 Å². The lowest BCUT2D eigenvalue weighted by Gasteiger charge is -2.44. The number of nitrogens with one attached hydrogen (secondary N) is 1. The van der Waals surface area contributed by atoms with Crippen LogP contribution >= 0.6 is 0 Å². The predicted octanol–water partition coefficient (Wildman–Crippen LogP) is 1.14. The maximum absolute atomic E-state index is 12.0. The van der Waals surface area contributed by atoms with Crippen LogP contribution in [0.4, 0.5) is 0 Å². The second kappa shape index (κ2) is 7.10. The number of rotatable bonds is 6. The Kier molecular flexibility index (Phi) is 5.45. The highest BCUT2D eigenvalue weighted by molar-refractivity contribution is 5.77. The van der Waals surface area contributed by atoms with Gasteiger partial charge in [-0.25, -0.2) is 0 Å². The lowest BCUT2D eigenvalue weighted by Crippen LogP contribution is -2.55. The third-order valence-electron chi connectivity index (χ3n) is 4.32. The van der Waals surface area contributed by atoms with Crippen molar-refractivity contribution in [3.8, 4) is 0 Å². The van der Waals surface area contributed by atoms with E-state index in [4.69, 9.17) is 5.11 Å². The largest absolute Gasteiger partial charge is 0.396 e. The highest BCUT2D eigenvalue weighted by Crippen LogP contribution is 2.28. The number of hydrogen-bond acceptors (Lipinski definition) is 3. The lowest BCUT2D eigenvalue weighted by atomic mass is 9.84. The van der Waals surface area contributed by atoms with Gasteiger partial charge in [0.25, 0.3) is 0 Å². The van der Waals surface area contributed by atoms with Crippen molar-refractivity contribution in [2.24, 2.45) is 5.92 Å². The van der Waals surface area contributed by atoms with E-state index in [1.54, 1.807) is 0 Å². The monoisotopic (exact) mass is 254 g/mol. The van der Waals surface area contributed by atoms with Gasteiger partial charge in [0.05, 0.1) is 0 Å². The van der Waals surface area contributed by atoms with Crippen molar-refractivity contribution < 1.29 is 9.90 Å². The molecule has 2 unspecified atom stereocenters. The standard InChI is InChI=1S/C14H26N2O2/c17-10-4-2-1-3-9-16-13-7-8-15-11-12(13)5-6-14(16)18/h12-13,15,17H,1-11H2. The van der Waals surface area contributed by atoms with Crippen LogP contribution in [0, 0.1) is 5.92 Å². The van der Waals surface area contributed by atoms with E-state index in [-0.39, 0.29) is 0 Å². The van der Waals surface area contributed by atoms with E-state index in [1.807, 2.05) is 0 Å². The summed E-state index contributed by atoms with van der Waals surface area (Å²) in [5, 5.41) is 12.2. The molecular weight excluding hydrogens is 228 g/mol. The Morgan fingerprint density at radius 2 is 2.06 bits per heavy atom. The van der Waals surface area contributed by atoms with Gasteiger partial charge in [-0.2, -0.15) is 0 Å². The van der Waals surface area contributed by atoms with Crippen molar-refractivity contribution in [3.63, 3.8) is 0 Å². The molecule has 0 spiro atoms. The highest BCUT2D eigenvalue weighted by Gasteiger charge is 2.36. The molecule has 18 heavy (non-hydrogen) atoms. The van der Waals surface area contributed by atoms with Crippen LogP contribution in [0.25, 0.3) is 0 Å². The van der Waals surface area contributed by atoms with Crippen LogP contribution in [0.5, 0.6) is 0 Å². The molecule has 0 radical (unpaired) electrons. The first-order valence-corrected chi connectivity index (χ1v) is 7.44. The fourth-order valence-corrected chi connectivity index (χ4v) is 3.29. The summed E-state index contributed by atoms with van der Waals surface area (Å²) in [7, 11) is 0. The molecule has 0 aromatic carbocycles. The van der Waals surface area contributed by atoms with E-state index in [1.165, 1.54) is 0 Å². The number of carbonyl (C=O) groups excluding carboxylic acids is 1. The van der Waals surface area contributed by atoms with Gasteiger partial charge < -0.3 is 15.3 Å². The van der Waals surface area contributed by atoms with E-state index >= 15 is 0 Å². The smallest absolute Gasteiger partial charge is 0.222 e. The topological polar surface area (TPSA) is 52.6 Å². The number of unbranched alkanes of at least 4 members (excludes halogenated alkanes) is 3. The molecule has 104 valence electrons. The molecule has 2 aliphatic rings. The minimum Gasteiger partial charge on any atom is -0.396 e. The van der Waals surface area contributed by atoms with Crippen LogP contribution in [-0.2, 0) is 4.79 Å². The number of amides is 1. The number of nitrogens with zero attached hydrogens (tertiary/aromatic N) is 1. The van der Waals surface area contributed by atoms with Crippen molar-refractivity contribution in [1.29, 1.82) is 0 Å². The lowest BCUT2D eigenvalue weighted by molar-refractivity contribution is -0.139. The Hall–Kier alpha value is -0.610. The fourth-order valence-electron chi connectivity index (χ4n) is 3.29. The number of fused-ring (bicyclic) bond motifs is 1. The summed E-state index contributed by atoms with van der Waals surface area (Å²) in [4.78, 5) is 14.2. The molecule has 4 heteroatoms. The summed E-state index contributed by atoms with van der Waals surface area (Å²) in [6.07, 6.45) is 7.10. The van der Waals surface area contributed by atoms with Gasteiger partial charge >= 0.3 is 0 Å². The van der Waals surface area contributed by atoms with E-state index < -0.39 is 0 Å². The van der Waals surface area contributed by atoms with E-state index in [0.717, 1.165) is 64.6 Å². The van der Waals surface area contributed by atoms with Gasteiger partial charge in [0, 0.05) is 25.6 Å². The summed E-state index contributed by atoms with van der Waals surface area (Å²) in [6.45, 7) is 3.35. The van der Waals surface area contributed by atoms with Crippen LogP contribution in [0.1, 0.15) is 44.9 Å². The molecule has 1 amide bonds. The minimum absolute atomic E-state index is 0.291. The molecular formula is C14H26N2O2. The number of carbonyl (C=O) groups is 1. The van der Waals surface area contributed by atoms with Crippen molar-refractivity contribution >= 4 is 5.91 Å². The summed E-state index contributed by atoms with van der Waals surface area (Å²) in [6, 6.07) is 0.491. The van der Waals surface area contributed by atoms with Crippen LogP contribution in [-0.4, -0.2) is 48.2 Å². The Morgan fingerprint density at radius 1 is 1.22 bits per heavy atom. The van der Waals surface area contributed by atoms with Gasteiger partial charge in [-0.15, -0.1) is 0 Å². The zero-order valence-electron chi connectivity index (χ0n) is 11.2. The average molecular weight is 254 g/mol. The number of aliphatic hydroxyl groups is 1. The van der Waals surface area contributed by atoms with E-state index in [2.05, 4.69) is 10.2 Å². The first kappa shape index (κ1) is 13.8. The van der Waals surface area contributed by atoms with Gasteiger partial charge in [-0.1, -0.05) is 12.8 Å². The molecule has 2 aliphatic heterocycles. The van der Waals surface area contributed by atoms with Crippen LogP contribution in [0.3, 0.4) is 0 Å².